The van der Waals surface area contributed by atoms with Gasteiger partial charge in [0, 0.05) is 6.04 Å². The molecule has 1 aromatic carbocycles. The minimum atomic E-state index is -0.565. The molecular weight excluding hydrogens is 302 g/mol. The molecule has 3 rings (SSSR count). The van der Waals surface area contributed by atoms with Crippen molar-refractivity contribution in [3.05, 3.63) is 34.6 Å². The summed E-state index contributed by atoms with van der Waals surface area (Å²) >= 11 is 5.89. The highest BCUT2D eigenvalue weighted by Crippen LogP contribution is 2.34. The van der Waals surface area contributed by atoms with Crippen molar-refractivity contribution >= 4 is 29.9 Å². The van der Waals surface area contributed by atoms with E-state index >= 15 is 0 Å². The largest absolute Gasteiger partial charge is 0.349 e. The highest BCUT2D eigenvalue weighted by Gasteiger charge is 2.38. The molecule has 0 aromatic heterocycles. The number of carbonyl (C=O) groups is 1. The summed E-state index contributed by atoms with van der Waals surface area (Å²) in [6.07, 6.45) is 1.94. The quantitative estimate of drug-likeness (QED) is 0.880. The van der Waals surface area contributed by atoms with Crippen LogP contribution in [0.4, 0.5) is 4.39 Å². The number of nitrogens with one attached hydrogen (secondary N) is 2. The Hall–Kier alpha value is -0.840. The number of hydrogen-bond donors (Lipinski definition) is 2. The Morgan fingerprint density at radius 3 is 2.55 bits per heavy atom. The number of carbonyl (C=O) groups excluding carboxylic acids is 1. The summed E-state index contributed by atoms with van der Waals surface area (Å²) < 4.78 is 13.7. The molecule has 1 aliphatic heterocycles. The number of hydrogen-bond acceptors (Lipinski definition) is 2. The van der Waals surface area contributed by atoms with Crippen molar-refractivity contribution in [3.63, 3.8) is 0 Å². The summed E-state index contributed by atoms with van der Waals surface area (Å²) in [4.78, 5) is 12.1. The lowest BCUT2D eigenvalue weighted by molar-refractivity contribution is 0.0932. The van der Waals surface area contributed by atoms with E-state index in [-0.39, 0.29) is 29.0 Å². The van der Waals surface area contributed by atoms with E-state index in [4.69, 9.17) is 11.6 Å². The number of halogens is 3. The second-order valence-corrected chi connectivity index (χ2v) is 5.82. The molecule has 1 saturated carbocycles. The first-order valence-corrected chi connectivity index (χ1v) is 6.98. The molecule has 1 aromatic rings. The van der Waals surface area contributed by atoms with Gasteiger partial charge in [0.1, 0.15) is 5.82 Å². The van der Waals surface area contributed by atoms with Crippen LogP contribution in [0.25, 0.3) is 0 Å². The highest BCUT2D eigenvalue weighted by atomic mass is 35.5. The molecule has 0 bridgehead atoms. The molecule has 2 fully saturated rings. The maximum Gasteiger partial charge on any atom is 0.255 e. The number of rotatable bonds is 2. The van der Waals surface area contributed by atoms with Crippen LogP contribution in [0.5, 0.6) is 0 Å². The normalized spacial score (nSPS) is 27.8. The molecule has 2 unspecified atom stereocenters. The van der Waals surface area contributed by atoms with E-state index in [9.17, 15) is 9.18 Å². The molecule has 2 N–H and O–H groups in total. The Morgan fingerprint density at radius 2 is 1.95 bits per heavy atom. The molecule has 110 valence electrons. The molecule has 0 spiro atoms. The number of fused-ring (bicyclic) bond motifs is 1. The summed E-state index contributed by atoms with van der Waals surface area (Å²) in [6, 6.07) is 4.43. The van der Waals surface area contributed by atoms with Crippen LogP contribution in [-0.4, -0.2) is 25.0 Å². The van der Waals surface area contributed by atoms with Gasteiger partial charge in [-0.1, -0.05) is 17.7 Å². The third kappa shape index (κ3) is 2.92. The van der Waals surface area contributed by atoms with Crippen LogP contribution < -0.4 is 10.6 Å². The van der Waals surface area contributed by atoms with Crippen molar-refractivity contribution in [2.45, 2.75) is 18.9 Å². The fraction of sp³-hybridized carbons (Fsp3) is 0.500. The molecular formula is C14H17Cl2FN2O. The Labute approximate surface area is 128 Å². The van der Waals surface area contributed by atoms with Crippen LogP contribution in [0.3, 0.4) is 0 Å². The first-order valence-electron chi connectivity index (χ1n) is 6.60. The van der Waals surface area contributed by atoms with Gasteiger partial charge in [0.05, 0.1) is 10.6 Å². The average Bonchev–Trinajstić information content (AvgIpc) is 2.89. The molecule has 2 atom stereocenters. The van der Waals surface area contributed by atoms with Gasteiger partial charge in [-0.05, 0) is 49.9 Å². The topological polar surface area (TPSA) is 41.1 Å². The van der Waals surface area contributed by atoms with E-state index in [0.717, 1.165) is 25.9 Å². The molecule has 1 saturated heterocycles. The van der Waals surface area contributed by atoms with Crippen molar-refractivity contribution in [2.24, 2.45) is 11.8 Å². The van der Waals surface area contributed by atoms with Crippen molar-refractivity contribution in [1.29, 1.82) is 0 Å². The zero-order chi connectivity index (χ0) is 13.4. The minimum absolute atomic E-state index is 0. The summed E-state index contributed by atoms with van der Waals surface area (Å²) in [5.74, 6) is 0.314. The highest BCUT2D eigenvalue weighted by molar-refractivity contribution is 6.33. The Kier molecular flexibility index (Phi) is 4.89. The molecule has 6 heteroatoms. The third-order valence-electron chi connectivity index (χ3n) is 4.18. The maximum absolute atomic E-state index is 13.7. The molecule has 3 nitrogen and oxygen atoms in total. The number of benzene rings is 1. The van der Waals surface area contributed by atoms with E-state index < -0.39 is 11.7 Å². The van der Waals surface area contributed by atoms with Gasteiger partial charge < -0.3 is 10.6 Å². The Balaban J connectivity index is 0.00000147. The van der Waals surface area contributed by atoms with Gasteiger partial charge in [0.25, 0.3) is 5.91 Å². The number of amides is 1. The lowest BCUT2D eigenvalue weighted by Crippen LogP contribution is -2.34. The van der Waals surface area contributed by atoms with Gasteiger partial charge in [0.15, 0.2) is 0 Å². The van der Waals surface area contributed by atoms with E-state index in [1.165, 1.54) is 18.2 Å². The van der Waals surface area contributed by atoms with E-state index in [2.05, 4.69) is 10.6 Å². The molecule has 20 heavy (non-hydrogen) atoms. The standard InChI is InChI=1S/C14H16ClFN2O.ClH/c15-11-2-1-3-12(16)13(11)14(19)18-10-4-8-6-17-7-9(8)5-10;/h1-3,8-10,17H,4-7H2,(H,18,19);1H. The van der Waals surface area contributed by atoms with Crippen LogP contribution in [0.15, 0.2) is 18.2 Å². The summed E-state index contributed by atoms with van der Waals surface area (Å²) in [5.41, 5.74) is -0.0423. The minimum Gasteiger partial charge on any atom is -0.349 e. The van der Waals surface area contributed by atoms with Crippen LogP contribution in [0.1, 0.15) is 23.2 Å². The average molecular weight is 319 g/mol. The molecule has 1 aliphatic carbocycles. The first-order chi connectivity index (χ1) is 9.15. The predicted molar refractivity (Wildman–Crippen MR) is 79.0 cm³/mol. The smallest absolute Gasteiger partial charge is 0.255 e. The summed E-state index contributed by atoms with van der Waals surface area (Å²) in [5, 5.41) is 6.43. The Morgan fingerprint density at radius 1 is 1.30 bits per heavy atom. The van der Waals surface area contributed by atoms with Gasteiger partial charge in [-0.3, -0.25) is 4.79 Å². The van der Waals surface area contributed by atoms with Crippen LogP contribution in [0, 0.1) is 17.7 Å². The second kappa shape index (κ2) is 6.29. The Bertz CT molecular complexity index is 480. The zero-order valence-corrected chi connectivity index (χ0v) is 12.4. The lowest BCUT2D eigenvalue weighted by atomic mass is 10.0. The molecule has 1 amide bonds. The van der Waals surface area contributed by atoms with Crippen molar-refractivity contribution in [2.75, 3.05) is 13.1 Å². The van der Waals surface area contributed by atoms with Crippen LogP contribution in [-0.2, 0) is 0 Å². The van der Waals surface area contributed by atoms with Gasteiger partial charge in [0.2, 0.25) is 0 Å². The second-order valence-electron chi connectivity index (χ2n) is 5.42. The van der Waals surface area contributed by atoms with Crippen LogP contribution >= 0.6 is 24.0 Å². The SMILES string of the molecule is Cl.O=C(NC1CC2CNCC2C1)c1c(F)cccc1Cl. The van der Waals surface area contributed by atoms with Gasteiger partial charge in [-0.15, -0.1) is 12.4 Å². The van der Waals surface area contributed by atoms with Gasteiger partial charge >= 0.3 is 0 Å². The molecule has 2 aliphatic rings. The van der Waals surface area contributed by atoms with Crippen LogP contribution in [0.2, 0.25) is 5.02 Å². The summed E-state index contributed by atoms with van der Waals surface area (Å²) in [7, 11) is 0. The zero-order valence-electron chi connectivity index (χ0n) is 10.9. The van der Waals surface area contributed by atoms with E-state index in [1.54, 1.807) is 0 Å². The van der Waals surface area contributed by atoms with Crippen molar-refractivity contribution in [1.82, 2.24) is 10.6 Å². The van der Waals surface area contributed by atoms with Crippen molar-refractivity contribution < 1.29 is 9.18 Å². The molecule has 0 radical (unpaired) electrons. The van der Waals surface area contributed by atoms with Gasteiger partial charge in [-0.2, -0.15) is 0 Å². The maximum atomic E-state index is 13.7. The van der Waals surface area contributed by atoms with Crippen molar-refractivity contribution in [3.8, 4) is 0 Å². The first kappa shape index (κ1) is 15.5. The lowest BCUT2D eigenvalue weighted by Gasteiger charge is -2.14. The summed E-state index contributed by atoms with van der Waals surface area (Å²) in [6.45, 7) is 2.05. The van der Waals surface area contributed by atoms with E-state index in [0.29, 0.717) is 11.8 Å². The fourth-order valence-corrected chi connectivity index (χ4v) is 3.51. The third-order valence-corrected chi connectivity index (χ3v) is 4.49. The fourth-order valence-electron chi connectivity index (χ4n) is 3.26. The van der Waals surface area contributed by atoms with E-state index in [1.807, 2.05) is 0 Å². The monoisotopic (exact) mass is 318 g/mol. The predicted octanol–water partition coefficient (Wildman–Crippen LogP) is 2.63. The van der Waals surface area contributed by atoms with Gasteiger partial charge in [-0.25, -0.2) is 4.39 Å². The molecule has 1 heterocycles.